The van der Waals surface area contributed by atoms with Crippen molar-refractivity contribution in [3.63, 3.8) is 0 Å². The van der Waals surface area contributed by atoms with Crippen LogP contribution >= 0.6 is 24.0 Å². The molecule has 0 aliphatic heterocycles. The van der Waals surface area contributed by atoms with Crippen LogP contribution in [0.1, 0.15) is 43.6 Å². The lowest BCUT2D eigenvalue weighted by Crippen LogP contribution is -2.41. The number of nitrogens with one attached hydrogen (secondary N) is 2. The van der Waals surface area contributed by atoms with E-state index in [9.17, 15) is 9.18 Å². The predicted octanol–water partition coefficient (Wildman–Crippen LogP) is 4.45. The smallest absolute Gasteiger partial charge is 0.253 e. The summed E-state index contributed by atoms with van der Waals surface area (Å²) in [5.74, 6) is 1.06. The summed E-state index contributed by atoms with van der Waals surface area (Å²) in [7, 11) is 0. The molecule has 2 rings (SSSR count). The number of rotatable bonds is 10. The first-order valence-corrected chi connectivity index (χ1v) is 10.8. The molecule has 0 saturated heterocycles. The fourth-order valence-corrected chi connectivity index (χ4v) is 2.99. The lowest BCUT2D eigenvalue weighted by Gasteiger charge is -2.18. The van der Waals surface area contributed by atoms with Crippen molar-refractivity contribution in [3.05, 3.63) is 65.5 Å². The van der Waals surface area contributed by atoms with Crippen molar-refractivity contribution < 1.29 is 13.9 Å². The topological polar surface area (TPSA) is 66.0 Å². The molecule has 8 heteroatoms. The van der Waals surface area contributed by atoms with Crippen molar-refractivity contribution >= 4 is 35.8 Å². The highest BCUT2D eigenvalue weighted by molar-refractivity contribution is 14.0. The number of halogens is 2. The number of carbonyl (C=O) groups is 1. The van der Waals surface area contributed by atoms with Gasteiger partial charge in [-0.15, -0.1) is 24.0 Å². The van der Waals surface area contributed by atoms with E-state index in [2.05, 4.69) is 15.6 Å². The Labute approximate surface area is 207 Å². The number of carbonyl (C=O) groups excluding carboxylic acids is 1. The van der Waals surface area contributed by atoms with Crippen LogP contribution < -0.4 is 15.4 Å². The Balaban J connectivity index is 0.00000512. The number of hydrogen-bond donors (Lipinski definition) is 2. The van der Waals surface area contributed by atoms with E-state index in [0.29, 0.717) is 43.5 Å². The van der Waals surface area contributed by atoms with Crippen molar-refractivity contribution in [3.8, 4) is 5.75 Å². The van der Waals surface area contributed by atoms with E-state index in [1.165, 1.54) is 12.1 Å². The van der Waals surface area contributed by atoms with E-state index in [1.807, 2.05) is 52.0 Å². The number of guanidine groups is 1. The molecule has 6 nitrogen and oxygen atoms in total. The van der Waals surface area contributed by atoms with Gasteiger partial charge in [0.05, 0.1) is 13.1 Å². The van der Waals surface area contributed by atoms with Gasteiger partial charge in [0.25, 0.3) is 5.91 Å². The third-order valence-electron chi connectivity index (χ3n) is 4.72. The fraction of sp³-hybridized carbons (Fsp3) is 0.417. The van der Waals surface area contributed by atoms with E-state index < -0.39 is 0 Å². The van der Waals surface area contributed by atoms with Crippen LogP contribution in [0, 0.1) is 5.82 Å². The fourth-order valence-electron chi connectivity index (χ4n) is 2.99. The van der Waals surface area contributed by atoms with Gasteiger partial charge in [-0.2, -0.15) is 0 Å². The Morgan fingerprint density at radius 1 is 1.03 bits per heavy atom. The van der Waals surface area contributed by atoms with E-state index in [1.54, 1.807) is 17.0 Å². The van der Waals surface area contributed by atoms with Crippen LogP contribution in [0.3, 0.4) is 0 Å². The van der Waals surface area contributed by atoms with Gasteiger partial charge in [0.1, 0.15) is 17.7 Å². The second kappa shape index (κ2) is 14.7. The summed E-state index contributed by atoms with van der Waals surface area (Å²) in [6.45, 7) is 11.1. The molecule has 1 amide bonds. The highest BCUT2D eigenvalue weighted by Gasteiger charge is 2.12. The molecule has 1 atom stereocenters. The molecule has 176 valence electrons. The third kappa shape index (κ3) is 9.02. The second-order valence-electron chi connectivity index (χ2n) is 7.13. The number of amides is 1. The van der Waals surface area contributed by atoms with Crippen LogP contribution in [0.25, 0.3) is 0 Å². The molecule has 0 saturated carbocycles. The minimum atomic E-state index is -0.287. The highest BCUT2D eigenvalue weighted by atomic mass is 127. The summed E-state index contributed by atoms with van der Waals surface area (Å²) in [5.41, 5.74) is 1.71. The minimum absolute atomic E-state index is 0. The van der Waals surface area contributed by atoms with Crippen molar-refractivity contribution in [2.24, 2.45) is 4.99 Å². The molecule has 0 radical (unpaired) electrons. The van der Waals surface area contributed by atoms with Gasteiger partial charge in [0.15, 0.2) is 5.96 Å². The van der Waals surface area contributed by atoms with E-state index in [4.69, 9.17) is 4.74 Å². The monoisotopic (exact) mass is 556 g/mol. The number of nitrogens with zero attached hydrogens (tertiary/aromatic N) is 2. The Hall–Kier alpha value is -2.36. The van der Waals surface area contributed by atoms with Gasteiger partial charge >= 0.3 is 0 Å². The van der Waals surface area contributed by atoms with Crippen molar-refractivity contribution in [2.45, 2.75) is 40.3 Å². The predicted molar refractivity (Wildman–Crippen MR) is 138 cm³/mol. The summed E-state index contributed by atoms with van der Waals surface area (Å²) < 4.78 is 18.8. The SMILES string of the molecule is CCNC(=NCc1ccc(C(=O)N(CC)CC)cc1)NCC(C)Oc1ccc(F)cc1.I. The van der Waals surface area contributed by atoms with E-state index in [0.717, 1.165) is 12.1 Å². The molecule has 32 heavy (non-hydrogen) atoms. The summed E-state index contributed by atoms with van der Waals surface area (Å²) >= 11 is 0. The number of benzene rings is 2. The van der Waals surface area contributed by atoms with E-state index >= 15 is 0 Å². The molecule has 0 bridgehead atoms. The molecular weight excluding hydrogens is 522 g/mol. The third-order valence-corrected chi connectivity index (χ3v) is 4.72. The quantitative estimate of drug-likeness (QED) is 0.258. The Kier molecular flexibility index (Phi) is 12.7. The lowest BCUT2D eigenvalue weighted by molar-refractivity contribution is 0.0773. The first-order valence-electron chi connectivity index (χ1n) is 10.8. The molecule has 0 aliphatic rings. The van der Waals surface area contributed by atoms with Gasteiger partial charge in [0, 0.05) is 25.2 Å². The molecule has 0 heterocycles. The number of ether oxygens (including phenoxy) is 1. The van der Waals surface area contributed by atoms with Crippen LogP contribution in [0.4, 0.5) is 4.39 Å². The molecular formula is C24H34FIN4O2. The molecule has 0 fully saturated rings. The maximum absolute atomic E-state index is 13.0. The first-order chi connectivity index (χ1) is 15.0. The van der Waals surface area contributed by atoms with Crippen LogP contribution in [0.5, 0.6) is 5.75 Å². The van der Waals surface area contributed by atoms with Gasteiger partial charge < -0.3 is 20.3 Å². The summed E-state index contributed by atoms with van der Waals surface area (Å²) in [6.07, 6.45) is -0.125. The highest BCUT2D eigenvalue weighted by Crippen LogP contribution is 2.13. The zero-order chi connectivity index (χ0) is 22.6. The molecule has 0 aliphatic carbocycles. The average molecular weight is 556 g/mol. The van der Waals surface area contributed by atoms with Gasteiger partial charge in [-0.25, -0.2) is 9.38 Å². The molecule has 2 N–H and O–H groups in total. The number of aliphatic imine (C=N–C) groups is 1. The first kappa shape index (κ1) is 27.7. The standard InChI is InChI=1S/C24H33FN4O2.HI/c1-5-26-24(27-16-18(4)31-22-14-12-21(25)13-15-22)28-17-19-8-10-20(11-9-19)23(30)29(6-2)7-3;/h8-15,18H,5-7,16-17H2,1-4H3,(H2,26,27,28);1H. The normalized spacial score (nSPS) is 11.8. The van der Waals surface area contributed by atoms with Crippen molar-refractivity contribution in [2.75, 3.05) is 26.2 Å². The largest absolute Gasteiger partial charge is 0.489 e. The lowest BCUT2D eigenvalue weighted by atomic mass is 10.1. The molecule has 1 unspecified atom stereocenters. The van der Waals surface area contributed by atoms with Gasteiger partial charge in [-0.3, -0.25) is 4.79 Å². The zero-order valence-corrected chi connectivity index (χ0v) is 21.6. The minimum Gasteiger partial charge on any atom is -0.489 e. The van der Waals surface area contributed by atoms with E-state index in [-0.39, 0.29) is 41.8 Å². The maximum atomic E-state index is 13.0. The molecule has 2 aromatic rings. The van der Waals surface area contributed by atoms with Crippen molar-refractivity contribution in [1.82, 2.24) is 15.5 Å². The number of hydrogen-bond acceptors (Lipinski definition) is 3. The summed E-state index contributed by atoms with van der Waals surface area (Å²) in [4.78, 5) is 18.8. The molecule has 2 aromatic carbocycles. The zero-order valence-electron chi connectivity index (χ0n) is 19.2. The molecule has 0 spiro atoms. The average Bonchev–Trinajstić information content (AvgIpc) is 2.78. The van der Waals surface area contributed by atoms with Crippen LogP contribution in [-0.4, -0.2) is 49.0 Å². The van der Waals surface area contributed by atoms with Gasteiger partial charge in [0.2, 0.25) is 0 Å². The van der Waals surface area contributed by atoms with Crippen LogP contribution in [0.2, 0.25) is 0 Å². The Morgan fingerprint density at radius 3 is 2.22 bits per heavy atom. The van der Waals surface area contributed by atoms with Gasteiger partial charge in [-0.05, 0) is 69.7 Å². The summed E-state index contributed by atoms with van der Waals surface area (Å²) in [5, 5.41) is 6.47. The Bertz CT molecular complexity index is 840. The molecule has 0 aromatic heterocycles. The maximum Gasteiger partial charge on any atom is 0.253 e. The Morgan fingerprint density at radius 2 is 1.66 bits per heavy atom. The van der Waals surface area contributed by atoms with Crippen LogP contribution in [0.15, 0.2) is 53.5 Å². The second-order valence-corrected chi connectivity index (χ2v) is 7.13. The van der Waals surface area contributed by atoms with Crippen molar-refractivity contribution in [1.29, 1.82) is 0 Å². The summed E-state index contributed by atoms with van der Waals surface area (Å²) in [6, 6.07) is 13.5. The van der Waals surface area contributed by atoms with Gasteiger partial charge in [-0.1, -0.05) is 12.1 Å². The van der Waals surface area contributed by atoms with Crippen LogP contribution in [-0.2, 0) is 6.54 Å².